The molecule has 1 saturated carbocycles. The average molecular weight is 214 g/mol. The first-order chi connectivity index (χ1) is 6.80. The lowest BCUT2D eigenvalue weighted by molar-refractivity contribution is -0.206. The van der Waals surface area contributed by atoms with Gasteiger partial charge in [0.2, 0.25) is 5.91 Å². The van der Waals surface area contributed by atoms with E-state index in [2.05, 4.69) is 20.8 Å². The summed E-state index contributed by atoms with van der Waals surface area (Å²) in [4.78, 5) is 13.2. The van der Waals surface area contributed by atoms with E-state index in [0.29, 0.717) is 0 Å². The maximum Gasteiger partial charge on any atom is 0.236 e. The lowest BCUT2D eigenvalue weighted by Gasteiger charge is -2.61. The van der Waals surface area contributed by atoms with Gasteiger partial charge >= 0.3 is 0 Å². The Bertz CT molecular complexity index is 265. The van der Waals surface area contributed by atoms with Gasteiger partial charge in [-0.2, -0.15) is 0 Å². The molecule has 0 saturated heterocycles. The zero-order valence-corrected chi connectivity index (χ0v) is 10.3. The first kappa shape index (κ1) is 12.5. The first-order valence-electron chi connectivity index (χ1n) is 5.31. The number of hydrogen-bond acceptors (Lipinski definition) is 3. The predicted octanol–water partition coefficient (Wildman–Crippen LogP) is 0.607. The van der Waals surface area contributed by atoms with Crippen molar-refractivity contribution >= 4 is 5.91 Å². The lowest BCUT2D eigenvalue weighted by Crippen LogP contribution is -2.69. The number of nitrogens with zero attached hydrogens (tertiary/aromatic N) is 1. The van der Waals surface area contributed by atoms with Crippen LogP contribution in [-0.2, 0) is 9.53 Å². The maximum absolute atomic E-state index is 11.5. The second-order valence-electron chi connectivity index (χ2n) is 5.09. The van der Waals surface area contributed by atoms with E-state index in [1.807, 2.05) is 7.05 Å². The normalized spacial score (nSPS) is 33.3. The van der Waals surface area contributed by atoms with Crippen LogP contribution in [0.4, 0.5) is 0 Å². The Labute approximate surface area is 91.8 Å². The Hall–Kier alpha value is -0.610. The van der Waals surface area contributed by atoms with Crippen molar-refractivity contribution in [2.45, 2.75) is 38.8 Å². The predicted molar refractivity (Wildman–Crippen MR) is 59.4 cm³/mol. The van der Waals surface area contributed by atoms with Crippen LogP contribution in [0.2, 0.25) is 0 Å². The van der Waals surface area contributed by atoms with E-state index in [1.165, 1.54) is 0 Å². The van der Waals surface area contributed by atoms with Gasteiger partial charge in [-0.3, -0.25) is 4.79 Å². The fourth-order valence-electron chi connectivity index (χ4n) is 2.39. The molecule has 1 aliphatic carbocycles. The number of nitrogens with two attached hydrogens (primary N) is 1. The van der Waals surface area contributed by atoms with Crippen molar-refractivity contribution < 1.29 is 9.53 Å². The summed E-state index contributed by atoms with van der Waals surface area (Å²) in [7, 11) is 3.54. The first-order valence-corrected chi connectivity index (χ1v) is 5.31. The minimum Gasteiger partial charge on any atom is -0.378 e. The lowest BCUT2D eigenvalue weighted by atomic mass is 9.55. The number of carbonyl (C=O) groups is 1. The Morgan fingerprint density at radius 2 is 2.07 bits per heavy atom. The molecule has 2 atom stereocenters. The van der Waals surface area contributed by atoms with E-state index in [0.717, 1.165) is 6.42 Å². The number of likely N-dealkylation sites (N-methyl/N-ethyl adjacent to an activating group) is 1. The number of methoxy groups -OCH3 is 1. The monoisotopic (exact) mass is 214 g/mol. The van der Waals surface area contributed by atoms with Gasteiger partial charge < -0.3 is 15.4 Å². The van der Waals surface area contributed by atoms with Gasteiger partial charge in [0, 0.05) is 25.6 Å². The van der Waals surface area contributed by atoms with Crippen LogP contribution >= 0.6 is 0 Å². The van der Waals surface area contributed by atoms with Crippen molar-refractivity contribution in [1.82, 2.24) is 4.90 Å². The molecule has 0 aromatic carbocycles. The molecule has 1 aliphatic rings. The Morgan fingerprint density at radius 1 is 1.53 bits per heavy atom. The zero-order valence-electron chi connectivity index (χ0n) is 10.3. The smallest absolute Gasteiger partial charge is 0.236 e. The fraction of sp³-hybridized carbons (Fsp3) is 0.909. The third-order valence-corrected chi connectivity index (χ3v) is 4.26. The van der Waals surface area contributed by atoms with Gasteiger partial charge in [0.25, 0.3) is 0 Å². The SMILES string of the molecule is COC1(C)CC(N(C)C(=O)CN)C1(C)C. The maximum atomic E-state index is 11.5. The summed E-state index contributed by atoms with van der Waals surface area (Å²) >= 11 is 0. The summed E-state index contributed by atoms with van der Waals surface area (Å²) in [6.07, 6.45) is 0.874. The summed E-state index contributed by atoms with van der Waals surface area (Å²) in [5.41, 5.74) is 5.19. The minimum absolute atomic E-state index is 0.00812. The van der Waals surface area contributed by atoms with Crippen molar-refractivity contribution in [3.63, 3.8) is 0 Å². The van der Waals surface area contributed by atoms with Gasteiger partial charge in [0.15, 0.2) is 0 Å². The highest BCUT2D eigenvalue weighted by molar-refractivity contribution is 5.78. The summed E-state index contributed by atoms with van der Waals surface area (Å²) in [6, 6.07) is 0.221. The fourth-order valence-corrected chi connectivity index (χ4v) is 2.39. The van der Waals surface area contributed by atoms with Crippen LogP contribution in [0.3, 0.4) is 0 Å². The summed E-state index contributed by atoms with van der Waals surface area (Å²) in [5.74, 6) is -0.00812. The third kappa shape index (κ3) is 1.66. The van der Waals surface area contributed by atoms with Crippen LogP contribution in [0.1, 0.15) is 27.2 Å². The van der Waals surface area contributed by atoms with Crippen LogP contribution in [0.25, 0.3) is 0 Å². The molecule has 1 rings (SSSR count). The van der Waals surface area contributed by atoms with Gasteiger partial charge in [-0.05, 0) is 13.3 Å². The second-order valence-corrected chi connectivity index (χ2v) is 5.09. The number of carbonyl (C=O) groups excluding carboxylic acids is 1. The molecule has 1 fully saturated rings. The molecule has 0 aliphatic heterocycles. The largest absolute Gasteiger partial charge is 0.378 e. The molecule has 2 unspecified atom stereocenters. The van der Waals surface area contributed by atoms with E-state index < -0.39 is 0 Å². The van der Waals surface area contributed by atoms with Gasteiger partial charge in [-0.15, -0.1) is 0 Å². The molecule has 1 amide bonds. The summed E-state index contributed by atoms with van der Waals surface area (Å²) in [6.45, 7) is 6.42. The van der Waals surface area contributed by atoms with Crippen molar-refractivity contribution in [3.8, 4) is 0 Å². The molecule has 0 spiro atoms. The van der Waals surface area contributed by atoms with Gasteiger partial charge in [-0.25, -0.2) is 0 Å². The molecular weight excluding hydrogens is 192 g/mol. The van der Waals surface area contributed by atoms with Gasteiger partial charge in [-0.1, -0.05) is 13.8 Å². The second kappa shape index (κ2) is 3.76. The van der Waals surface area contributed by atoms with Crippen LogP contribution in [0.15, 0.2) is 0 Å². The van der Waals surface area contributed by atoms with Crippen molar-refractivity contribution in [1.29, 1.82) is 0 Å². The number of rotatable bonds is 3. The number of hydrogen-bond donors (Lipinski definition) is 1. The van der Waals surface area contributed by atoms with E-state index in [9.17, 15) is 4.79 Å². The van der Waals surface area contributed by atoms with E-state index in [1.54, 1.807) is 12.0 Å². The van der Waals surface area contributed by atoms with Crippen LogP contribution in [0, 0.1) is 5.41 Å². The van der Waals surface area contributed by atoms with Crippen LogP contribution in [-0.4, -0.2) is 43.2 Å². The molecule has 0 aromatic heterocycles. The molecule has 88 valence electrons. The van der Waals surface area contributed by atoms with Crippen LogP contribution in [0.5, 0.6) is 0 Å². The molecule has 4 heteroatoms. The molecule has 4 nitrogen and oxygen atoms in total. The highest BCUT2D eigenvalue weighted by Gasteiger charge is 2.59. The minimum atomic E-state index is -0.138. The number of amides is 1. The molecular formula is C11H22N2O2. The Balaban J connectivity index is 2.75. The number of ether oxygens (including phenoxy) is 1. The summed E-state index contributed by atoms with van der Waals surface area (Å²) in [5, 5.41) is 0. The molecule has 0 aromatic rings. The average Bonchev–Trinajstić information content (AvgIpc) is 2.22. The molecule has 0 radical (unpaired) electrons. The Kier molecular flexibility index (Phi) is 3.12. The van der Waals surface area contributed by atoms with E-state index in [-0.39, 0.29) is 29.5 Å². The summed E-state index contributed by atoms with van der Waals surface area (Å²) < 4.78 is 5.51. The molecule has 2 N–H and O–H groups in total. The zero-order chi connectivity index (χ0) is 11.9. The third-order valence-electron chi connectivity index (χ3n) is 4.26. The van der Waals surface area contributed by atoms with Crippen molar-refractivity contribution in [2.24, 2.45) is 11.1 Å². The van der Waals surface area contributed by atoms with Crippen molar-refractivity contribution in [3.05, 3.63) is 0 Å². The highest BCUT2D eigenvalue weighted by atomic mass is 16.5. The van der Waals surface area contributed by atoms with Gasteiger partial charge in [0.1, 0.15) is 0 Å². The van der Waals surface area contributed by atoms with Gasteiger partial charge in [0.05, 0.1) is 12.1 Å². The van der Waals surface area contributed by atoms with E-state index in [4.69, 9.17) is 10.5 Å². The van der Waals surface area contributed by atoms with Crippen LogP contribution < -0.4 is 5.73 Å². The van der Waals surface area contributed by atoms with Crippen molar-refractivity contribution in [2.75, 3.05) is 20.7 Å². The Morgan fingerprint density at radius 3 is 2.40 bits per heavy atom. The van der Waals surface area contributed by atoms with E-state index >= 15 is 0 Å². The molecule has 15 heavy (non-hydrogen) atoms. The quantitative estimate of drug-likeness (QED) is 0.749. The molecule has 0 bridgehead atoms. The topological polar surface area (TPSA) is 55.6 Å². The highest BCUT2D eigenvalue weighted by Crippen LogP contribution is 2.53. The molecule has 0 heterocycles. The standard InChI is InChI=1S/C11H22N2O2/c1-10(2)8(6-11(10,3)15-5)13(4)9(14)7-12/h8H,6-7,12H2,1-5H3.